The van der Waals surface area contributed by atoms with Crippen LogP contribution >= 0.6 is 0 Å². The van der Waals surface area contributed by atoms with E-state index < -0.39 is 0 Å². The van der Waals surface area contributed by atoms with E-state index in [0.717, 1.165) is 39.1 Å². The van der Waals surface area contributed by atoms with E-state index in [4.69, 9.17) is 10.6 Å². The smallest absolute Gasteiger partial charge is 0.205 e. The first-order valence-corrected chi connectivity index (χ1v) is 6.67. The lowest BCUT2D eigenvalue weighted by atomic mass is 10.4. The number of aromatic nitrogens is 2. The molecule has 0 spiro atoms. The van der Waals surface area contributed by atoms with Crippen molar-refractivity contribution < 1.29 is 4.74 Å². The van der Waals surface area contributed by atoms with Crippen molar-refractivity contribution in [2.24, 2.45) is 10.8 Å². The van der Waals surface area contributed by atoms with Gasteiger partial charge < -0.3 is 10.1 Å². The normalized spacial score (nSPS) is 11.6. The molecule has 7 nitrogen and oxygen atoms in total. The predicted molar refractivity (Wildman–Crippen MR) is 75.6 cm³/mol. The highest BCUT2D eigenvalue weighted by Crippen LogP contribution is 1.90. The van der Waals surface area contributed by atoms with E-state index in [0.29, 0.717) is 12.5 Å². The summed E-state index contributed by atoms with van der Waals surface area (Å²) in [6, 6.07) is 1.91. The number of guanidine groups is 1. The van der Waals surface area contributed by atoms with Crippen LogP contribution in [0.2, 0.25) is 0 Å². The zero-order chi connectivity index (χ0) is 13.8. The second kappa shape index (κ2) is 10.3. The molecule has 4 N–H and O–H groups in total. The van der Waals surface area contributed by atoms with Gasteiger partial charge in [-0.05, 0) is 25.8 Å². The van der Waals surface area contributed by atoms with Crippen LogP contribution in [0.5, 0.6) is 0 Å². The zero-order valence-corrected chi connectivity index (χ0v) is 11.5. The Labute approximate surface area is 114 Å². The third kappa shape index (κ3) is 7.43. The van der Waals surface area contributed by atoms with E-state index in [-0.39, 0.29) is 0 Å². The Morgan fingerprint density at radius 2 is 2.37 bits per heavy atom. The van der Waals surface area contributed by atoms with Crippen LogP contribution < -0.4 is 16.6 Å². The van der Waals surface area contributed by atoms with Crippen LogP contribution in [0.15, 0.2) is 23.5 Å². The van der Waals surface area contributed by atoms with Gasteiger partial charge >= 0.3 is 0 Å². The van der Waals surface area contributed by atoms with Crippen molar-refractivity contribution in [2.45, 2.75) is 26.3 Å². The van der Waals surface area contributed by atoms with E-state index in [9.17, 15) is 0 Å². The molecule has 7 heteroatoms. The molecule has 0 atom stereocenters. The predicted octanol–water partition coefficient (Wildman–Crippen LogP) is 0.109. The van der Waals surface area contributed by atoms with E-state index in [2.05, 4.69) is 20.8 Å². The van der Waals surface area contributed by atoms with Gasteiger partial charge in [-0.15, -0.1) is 0 Å². The summed E-state index contributed by atoms with van der Waals surface area (Å²) < 4.78 is 7.14. The zero-order valence-electron chi connectivity index (χ0n) is 11.5. The summed E-state index contributed by atoms with van der Waals surface area (Å²) in [7, 11) is 0. The molecule has 0 fully saturated rings. The molecular formula is C12H24N6O. The minimum atomic E-state index is 0.622. The largest absolute Gasteiger partial charge is 0.382 e. The van der Waals surface area contributed by atoms with Gasteiger partial charge in [0.25, 0.3) is 0 Å². The molecule has 0 amide bonds. The number of nitrogens with two attached hydrogens (primary N) is 1. The topological polar surface area (TPSA) is 89.5 Å². The number of hydrogen-bond acceptors (Lipinski definition) is 4. The van der Waals surface area contributed by atoms with Gasteiger partial charge in [-0.1, -0.05) is 0 Å². The highest BCUT2D eigenvalue weighted by molar-refractivity contribution is 5.79. The van der Waals surface area contributed by atoms with Crippen LogP contribution in [0.4, 0.5) is 0 Å². The van der Waals surface area contributed by atoms with E-state index in [1.165, 1.54) is 0 Å². The molecular weight excluding hydrogens is 244 g/mol. The molecule has 0 saturated heterocycles. The summed E-state index contributed by atoms with van der Waals surface area (Å²) in [5.74, 6) is 6.02. The third-order valence-electron chi connectivity index (χ3n) is 2.47. The molecule has 0 unspecified atom stereocenters. The number of hydrogen-bond donors (Lipinski definition) is 3. The summed E-state index contributed by atoms with van der Waals surface area (Å²) >= 11 is 0. The maximum Gasteiger partial charge on any atom is 0.205 e. The number of rotatable bonds is 9. The van der Waals surface area contributed by atoms with Crippen molar-refractivity contribution in [2.75, 3.05) is 26.3 Å². The number of aliphatic imine (C=N–C) groups is 1. The molecule has 0 aromatic carbocycles. The Hall–Kier alpha value is -1.60. The van der Waals surface area contributed by atoms with E-state index in [1.807, 2.05) is 23.9 Å². The third-order valence-corrected chi connectivity index (χ3v) is 2.47. The van der Waals surface area contributed by atoms with Crippen LogP contribution in [0.1, 0.15) is 19.8 Å². The van der Waals surface area contributed by atoms with Crippen molar-refractivity contribution in [3.8, 4) is 0 Å². The number of hydrazine groups is 1. The maximum absolute atomic E-state index is 5.40. The van der Waals surface area contributed by atoms with Crippen molar-refractivity contribution in [1.29, 1.82) is 0 Å². The Morgan fingerprint density at radius 1 is 1.47 bits per heavy atom. The monoisotopic (exact) mass is 268 g/mol. The van der Waals surface area contributed by atoms with E-state index in [1.54, 1.807) is 6.20 Å². The van der Waals surface area contributed by atoms with Crippen LogP contribution in [0.3, 0.4) is 0 Å². The molecule has 0 saturated carbocycles. The molecule has 0 aliphatic rings. The first-order chi connectivity index (χ1) is 9.36. The SMILES string of the molecule is CCOCCCNC(=NCCCn1cccn1)NN. The second-order valence-electron chi connectivity index (χ2n) is 3.97. The van der Waals surface area contributed by atoms with Gasteiger partial charge in [0.1, 0.15) is 0 Å². The molecule has 1 rings (SSSR count). The molecule has 1 aromatic heterocycles. The number of aryl methyl sites for hydroxylation is 1. The summed E-state index contributed by atoms with van der Waals surface area (Å²) in [5, 5.41) is 7.26. The first kappa shape index (κ1) is 15.5. The van der Waals surface area contributed by atoms with Crippen LogP contribution in [0.25, 0.3) is 0 Å². The number of nitrogens with zero attached hydrogens (tertiary/aromatic N) is 3. The van der Waals surface area contributed by atoms with Crippen LogP contribution in [-0.2, 0) is 11.3 Å². The average molecular weight is 268 g/mol. The lowest BCUT2D eigenvalue weighted by Gasteiger charge is -2.09. The van der Waals surface area contributed by atoms with Crippen molar-refractivity contribution in [3.63, 3.8) is 0 Å². The van der Waals surface area contributed by atoms with Gasteiger partial charge in [-0.2, -0.15) is 5.10 Å². The lowest BCUT2D eigenvalue weighted by molar-refractivity contribution is 0.145. The summed E-state index contributed by atoms with van der Waals surface area (Å²) in [6.45, 7) is 5.85. The Bertz CT molecular complexity index is 338. The minimum Gasteiger partial charge on any atom is -0.382 e. The van der Waals surface area contributed by atoms with Crippen molar-refractivity contribution in [3.05, 3.63) is 18.5 Å². The fourth-order valence-electron chi connectivity index (χ4n) is 1.53. The lowest BCUT2D eigenvalue weighted by Crippen LogP contribution is -2.42. The second-order valence-corrected chi connectivity index (χ2v) is 3.97. The van der Waals surface area contributed by atoms with Gasteiger partial charge in [0.2, 0.25) is 5.96 Å². The maximum atomic E-state index is 5.40. The fraction of sp³-hybridized carbons (Fsp3) is 0.667. The molecule has 1 aromatic rings. The minimum absolute atomic E-state index is 0.622. The first-order valence-electron chi connectivity index (χ1n) is 6.67. The van der Waals surface area contributed by atoms with Crippen molar-refractivity contribution in [1.82, 2.24) is 20.5 Å². The molecule has 0 bridgehead atoms. The van der Waals surface area contributed by atoms with Gasteiger partial charge in [-0.25, -0.2) is 5.84 Å². The Kier molecular flexibility index (Phi) is 8.41. The highest BCUT2D eigenvalue weighted by Gasteiger charge is 1.95. The molecule has 1 heterocycles. The van der Waals surface area contributed by atoms with Gasteiger partial charge in [0, 0.05) is 45.2 Å². The molecule has 108 valence electrons. The van der Waals surface area contributed by atoms with Crippen molar-refractivity contribution >= 4 is 5.96 Å². The fourth-order valence-corrected chi connectivity index (χ4v) is 1.53. The quantitative estimate of drug-likeness (QED) is 0.194. The number of nitrogens with one attached hydrogen (secondary N) is 2. The van der Waals surface area contributed by atoms with Gasteiger partial charge in [-0.3, -0.25) is 15.1 Å². The molecule has 0 aliphatic carbocycles. The van der Waals surface area contributed by atoms with Crippen LogP contribution in [-0.4, -0.2) is 42.0 Å². The Morgan fingerprint density at radius 3 is 3.05 bits per heavy atom. The molecule has 0 aliphatic heterocycles. The molecule has 19 heavy (non-hydrogen) atoms. The van der Waals surface area contributed by atoms with Crippen LogP contribution in [0, 0.1) is 0 Å². The number of ether oxygens (including phenoxy) is 1. The summed E-state index contributed by atoms with van der Waals surface area (Å²) in [4.78, 5) is 4.35. The van der Waals surface area contributed by atoms with Gasteiger partial charge in [0.05, 0.1) is 0 Å². The van der Waals surface area contributed by atoms with E-state index >= 15 is 0 Å². The standard InChI is InChI=1S/C12H24N6O/c1-2-19-11-5-7-15-12(17-13)14-6-3-9-18-10-4-8-16-18/h4,8,10H,2-3,5-7,9,11,13H2,1H3,(H2,14,15,17). The molecule has 0 radical (unpaired) electrons. The average Bonchev–Trinajstić information content (AvgIpc) is 2.94. The Balaban J connectivity index is 2.09. The highest BCUT2D eigenvalue weighted by atomic mass is 16.5. The summed E-state index contributed by atoms with van der Waals surface area (Å²) in [6.07, 6.45) is 5.57. The van der Waals surface area contributed by atoms with Gasteiger partial charge in [0.15, 0.2) is 0 Å². The summed E-state index contributed by atoms with van der Waals surface area (Å²) in [5.41, 5.74) is 2.56.